The van der Waals surface area contributed by atoms with Crippen LogP contribution < -0.4 is 15.4 Å². The molecule has 0 saturated carbocycles. The van der Waals surface area contributed by atoms with E-state index in [4.69, 9.17) is 4.74 Å². The average molecular weight is 518 g/mol. The fourth-order valence-electron chi connectivity index (χ4n) is 4.49. The number of benzene rings is 3. The molecule has 4 rings (SSSR count). The molecule has 0 saturated heterocycles. The van der Waals surface area contributed by atoms with Crippen molar-refractivity contribution in [2.75, 3.05) is 20.2 Å². The second kappa shape index (κ2) is 12.6. The number of carbonyl (C=O) groups is 1. The average Bonchev–Trinajstić information content (AvgIpc) is 3.35. The molecule has 1 heterocycles. The molecule has 0 aliphatic heterocycles. The summed E-state index contributed by atoms with van der Waals surface area (Å²) >= 11 is 0. The number of hydrogen-bond acceptors (Lipinski definition) is 6. The number of H-pyrrole nitrogens is 1. The number of methoxy groups -OCH3 is 1. The summed E-state index contributed by atoms with van der Waals surface area (Å²) in [6.07, 6.45) is 0.105. The Morgan fingerprint density at radius 3 is 2.66 bits per heavy atom. The molecule has 0 unspecified atom stereocenters. The highest BCUT2D eigenvalue weighted by molar-refractivity contribution is 5.98. The Morgan fingerprint density at radius 2 is 1.87 bits per heavy atom. The van der Waals surface area contributed by atoms with Gasteiger partial charge in [-0.2, -0.15) is 0 Å². The van der Waals surface area contributed by atoms with Crippen LogP contribution in [0.25, 0.3) is 10.9 Å². The number of aliphatic hydroxyl groups excluding tert-OH is 2. The van der Waals surface area contributed by atoms with Crippen LogP contribution in [0.2, 0.25) is 0 Å². The Bertz CT molecular complexity index is 1380. The maximum atomic E-state index is 12.7. The van der Waals surface area contributed by atoms with Crippen molar-refractivity contribution in [3.8, 4) is 11.5 Å². The molecular formula is C30H35N3O5. The summed E-state index contributed by atoms with van der Waals surface area (Å²) in [5.74, 6) is 0.924. The first-order valence-electron chi connectivity index (χ1n) is 12.7. The number of ether oxygens (including phenoxy) is 1. The van der Waals surface area contributed by atoms with Gasteiger partial charge >= 0.3 is 0 Å². The third-order valence-electron chi connectivity index (χ3n) is 6.59. The van der Waals surface area contributed by atoms with E-state index in [-0.39, 0.29) is 18.3 Å². The zero-order chi connectivity index (χ0) is 27.1. The first-order valence-corrected chi connectivity index (χ1v) is 12.7. The Morgan fingerprint density at radius 1 is 1.03 bits per heavy atom. The van der Waals surface area contributed by atoms with Gasteiger partial charge in [-0.3, -0.25) is 4.79 Å². The Labute approximate surface area is 222 Å². The monoisotopic (exact) mass is 517 g/mol. The van der Waals surface area contributed by atoms with Crippen LogP contribution in [0, 0.1) is 5.92 Å². The van der Waals surface area contributed by atoms with Crippen LogP contribution >= 0.6 is 0 Å². The number of rotatable bonds is 12. The number of carbonyl (C=O) groups excluding carboxylic acids is 1. The standard InChI is InChI=1S/C30H35N3O5/c1-19(15-31-17-29(36)22-7-9-28(35)24(13-22)18-34)10-20-6-8-26-23(11-20)14-27(33-26)30(37)32-16-21-4-3-5-25(12-21)38-2/h3-9,11-14,19,29,31,33-36H,10,15-18H2,1-2H3,(H,32,37)/t19-,29+/m1/s1. The highest BCUT2D eigenvalue weighted by atomic mass is 16.5. The van der Waals surface area contributed by atoms with Crippen molar-refractivity contribution in [3.63, 3.8) is 0 Å². The van der Waals surface area contributed by atoms with E-state index in [2.05, 4.69) is 34.7 Å². The van der Waals surface area contributed by atoms with E-state index in [1.54, 1.807) is 19.2 Å². The number of phenols is 1. The van der Waals surface area contributed by atoms with Gasteiger partial charge in [0, 0.05) is 29.6 Å². The summed E-state index contributed by atoms with van der Waals surface area (Å²) in [7, 11) is 1.62. The Balaban J connectivity index is 1.28. The lowest BCUT2D eigenvalue weighted by molar-refractivity contribution is 0.0946. The van der Waals surface area contributed by atoms with Crippen LogP contribution in [-0.4, -0.2) is 46.4 Å². The van der Waals surface area contributed by atoms with E-state index in [1.165, 1.54) is 11.6 Å². The van der Waals surface area contributed by atoms with Crippen molar-refractivity contribution in [3.05, 3.63) is 94.7 Å². The predicted octanol–water partition coefficient (Wildman–Crippen LogP) is 3.81. The fraction of sp³-hybridized carbons (Fsp3) is 0.300. The molecule has 0 spiro atoms. The molecule has 3 aromatic carbocycles. The molecule has 8 nitrogen and oxygen atoms in total. The predicted molar refractivity (Wildman–Crippen MR) is 147 cm³/mol. The second-order valence-corrected chi connectivity index (χ2v) is 9.67. The van der Waals surface area contributed by atoms with Gasteiger partial charge in [0.15, 0.2) is 0 Å². The minimum absolute atomic E-state index is 0.0189. The minimum atomic E-state index is -0.738. The normalized spacial score (nSPS) is 12.8. The van der Waals surface area contributed by atoms with Crippen LogP contribution in [0.3, 0.4) is 0 Å². The molecule has 4 aromatic rings. The van der Waals surface area contributed by atoms with Gasteiger partial charge in [0.25, 0.3) is 5.91 Å². The van der Waals surface area contributed by atoms with Crippen LogP contribution in [0.4, 0.5) is 0 Å². The number of fused-ring (bicyclic) bond motifs is 1. The van der Waals surface area contributed by atoms with Gasteiger partial charge in [-0.15, -0.1) is 0 Å². The second-order valence-electron chi connectivity index (χ2n) is 9.67. The van der Waals surface area contributed by atoms with Gasteiger partial charge in [-0.25, -0.2) is 0 Å². The van der Waals surface area contributed by atoms with Crippen molar-refractivity contribution in [2.24, 2.45) is 5.92 Å². The van der Waals surface area contributed by atoms with Crippen LogP contribution in [0.5, 0.6) is 11.5 Å². The highest BCUT2D eigenvalue weighted by Gasteiger charge is 2.13. The number of aliphatic hydroxyl groups is 2. The zero-order valence-electron chi connectivity index (χ0n) is 21.7. The molecule has 1 aromatic heterocycles. The fourth-order valence-corrected chi connectivity index (χ4v) is 4.49. The molecule has 38 heavy (non-hydrogen) atoms. The maximum Gasteiger partial charge on any atom is 0.267 e. The van der Waals surface area contributed by atoms with Crippen LogP contribution in [-0.2, 0) is 19.6 Å². The molecule has 0 aliphatic carbocycles. The van der Waals surface area contributed by atoms with E-state index < -0.39 is 6.10 Å². The third kappa shape index (κ3) is 6.92. The van der Waals surface area contributed by atoms with Crippen molar-refractivity contribution in [2.45, 2.75) is 32.6 Å². The Kier molecular flexibility index (Phi) is 9.02. The molecular weight excluding hydrogens is 482 g/mol. The van der Waals surface area contributed by atoms with Gasteiger partial charge in [0.05, 0.1) is 19.8 Å². The van der Waals surface area contributed by atoms with E-state index in [1.807, 2.05) is 36.4 Å². The quantitative estimate of drug-likeness (QED) is 0.170. The van der Waals surface area contributed by atoms with Crippen molar-refractivity contribution < 1.29 is 24.9 Å². The maximum absolute atomic E-state index is 12.7. The molecule has 200 valence electrons. The SMILES string of the molecule is COc1cccc(CNC(=O)c2cc3cc(C[C@@H](C)CNC[C@H](O)c4ccc(O)c(CO)c4)ccc3[nH]2)c1. The molecule has 0 aliphatic rings. The molecule has 1 amide bonds. The molecule has 2 atom stereocenters. The first kappa shape index (κ1) is 27.2. The summed E-state index contributed by atoms with van der Waals surface area (Å²) in [6, 6.07) is 20.4. The van der Waals surface area contributed by atoms with E-state index in [0.717, 1.165) is 28.6 Å². The van der Waals surface area contributed by atoms with Gasteiger partial charge in [0.2, 0.25) is 0 Å². The molecule has 0 radical (unpaired) electrons. The summed E-state index contributed by atoms with van der Waals surface area (Å²) in [5, 5.41) is 36.7. The van der Waals surface area contributed by atoms with Crippen molar-refractivity contribution in [1.29, 1.82) is 0 Å². The zero-order valence-corrected chi connectivity index (χ0v) is 21.7. The number of nitrogens with one attached hydrogen (secondary N) is 3. The number of hydrogen-bond donors (Lipinski definition) is 6. The van der Waals surface area contributed by atoms with Crippen molar-refractivity contribution in [1.82, 2.24) is 15.6 Å². The first-order chi connectivity index (χ1) is 18.4. The lowest BCUT2D eigenvalue weighted by atomic mass is 9.99. The third-order valence-corrected chi connectivity index (χ3v) is 6.59. The van der Waals surface area contributed by atoms with Crippen LogP contribution in [0.1, 0.15) is 45.8 Å². The summed E-state index contributed by atoms with van der Waals surface area (Å²) in [5.41, 5.74) is 4.60. The van der Waals surface area contributed by atoms with Gasteiger partial charge in [-0.05, 0) is 78.0 Å². The lowest BCUT2D eigenvalue weighted by Gasteiger charge is -2.17. The van der Waals surface area contributed by atoms with Crippen LogP contribution in [0.15, 0.2) is 66.7 Å². The minimum Gasteiger partial charge on any atom is -0.508 e. The number of aromatic hydroxyl groups is 1. The number of aromatic nitrogens is 1. The van der Waals surface area contributed by atoms with E-state index >= 15 is 0 Å². The summed E-state index contributed by atoms with van der Waals surface area (Å²) < 4.78 is 5.24. The highest BCUT2D eigenvalue weighted by Crippen LogP contribution is 2.23. The topological polar surface area (TPSA) is 127 Å². The molecule has 8 heteroatoms. The summed E-state index contributed by atoms with van der Waals surface area (Å²) in [4.78, 5) is 15.9. The lowest BCUT2D eigenvalue weighted by Crippen LogP contribution is -2.27. The Hall–Kier alpha value is -3.85. The molecule has 0 bridgehead atoms. The van der Waals surface area contributed by atoms with Gasteiger partial charge in [-0.1, -0.05) is 31.2 Å². The number of amides is 1. The van der Waals surface area contributed by atoms with Gasteiger partial charge in [0.1, 0.15) is 17.2 Å². The van der Waals surface area contributed by atoms with Crippen molar-refractivity contribution >= 4 is 16.8 Å². The summed E-state index contributed by atoms with van der Waals surface area (Å²) in [6.45, 7) is 3.35. The molecule has 0 fully saturated rings. The molecule has 6 N–H and O–H groups in total. The van der Waals surface area contributed by atoms with Gasteiger partial charge < -0.3 is 35.7 Å². The largest absolute Gasteiger partial charge is 0.508 e. The van der Waals surface area contributed by atoms with E-state index in [0.29, 0.717) is 42.4 Å². The van der Waals surface area contributed by atoms with E-state index in [9.17, 15) is 20.1 Å². The smallest absolute Gasteiger partial charge is 0.267 e. The number of aromatic amines is 1.